The van der Waals surface area contributed by atoms with Crippen LogP contribution in [0.2, 0.25) is 0 Å². The average Bonchev–Trinajstić information content (AvgIpc) is 2.49. The maximum Gasteiger partial charge on any atom is 0.244 e. The third-order valence-corrected chi connectivity index (χ3v) is 3.97. The molecular weight excluding hydrogens is 286 g/mol. The van der Waals surface area contributed by atoms with Crippen LogP contribution in [0.4, 0.5) is 14.5 Å². The first kappa shape index (κ1) is 14.5. The Balaban J connectivity index is 2.10. The molecule has 2 aromatic rings. The quantitative estimate of drug-likeness (QED) is 0.947. The van der Waals surface area contributed by atoms with Crippen molar-refractivity contribution in [3.05, 3.63) is 65.2 Å². The minimum Gasteiger partial charge on any atom is -0.368 e. The zero-order chi connectivity index (χ0) is 15.7. The molecule has 3 nitrogen and oxygen atoms in total. The summed E-state index contributed by atoms with van der Waals surface area (Å²) in [5, 5.41) is 0. The van der Waals surface area contributed by atoms with Crippen molar-refractivity contribution in [3.8, 4) is 0 Å². The number of hydrogen-bond acceptors (Lipinski definition) is 2. The van der Waals surface area contributed by atoms with E-state index in [2.05, 4.69) is 0 Å². The van der Waals surface area contributed by atoms with E-state index in [0.29, 0.717) is 36.2 Å². The third kappa shape index (κ3) is 2.54. The number of nitrogens with two attached hydrogens (primary N) is 1. The van der Waals surface area contributed by atoms with Crippen LogP contribution < -0.4 is 10.6 Å². The van der Waals surface area contributed by atoms with E-state index in [9.17, 15) is 13.6 Å². The summed E-state index contributed by atoms with van der Waals surface area (Å²) in [6.45, 7) is 0.526. The van der Waals surface area contributed by atoms with Crippen LogP contribution in [0.25, 0.3) is 0 Å². The first-order valence-electron chi connectivity index (χ1n) is 7.17. The van der Waals surface area contributed by atoms with Crippen molar-refractivity contribution in [1.82, 2.24) is 0 Å². The summed E-state index contributed by atoms with van der Waals surface area (Å²) in [6.07, 6.45) is 1.21. The van der Waals surface area contributed by atoms with Gasteiger partial charge in [0.1, 0.15) is 17.7 Å². The van der Waals surface area contributed by atoms with E-state index in [0.717, 1.165) is 6.07 Å². The molecule has 0 fully saturated rings. The summed E-state index contributed by atoms with van der Waals surface area (Å²) < 4.78 is 27.6. The molecule has 0 aromatic heterocycles. The molecule has 1 unspecified atom stereocenters. The Hall–Kier alpha value is -2.43. The predicted octanol–water partition coefficient (Wildman–Crippen LogP) is 2.94. The van der Waals surface area contributed by atoms with Gasteiger partial charge in [0.15, 0.2) is 0 Å². The van der Waals surface area contributed by atoms with Gasteiger partial charge in [0.25, 0.3) is 0 Å². The number of fused-ring (bicyclic) bond motifs is 1. The molecule has 0 aliphatic carbocycles. The third-order valence-electron chi connectivity index (χ3n) is 3.97. The van der Waals surface area contributed by atoms with Gasteiger partial charge in [-0.1, -0.05) is 30.3 Å². The number of hydrogen-bond donors (Lipinski definition) is 1. The van der Waals surface area contributed by atoms with Crippen LogP contribution >= 0.6 is 0 Å². The van der Waals surface area contributed by atoms with Crippen molar-refractivity contribution in [2.24, 2.45) is 5.73 Å². The number of halogens is 2. The Morgan fingerprint density at radius 3 is 2.59 bits per heavy atom. The van der Waals surface area contributed by atoms with Crippen LogP contribution in [0.1, 0.15) is 23.6 Å². The largest absolute Gasteiger partial charge is 0.368 e. The summed E-state index contributed by atoms with van der Waals surface area (Å²) in [5.41, 5.74) is 7.13. The van der Waals surface area contributed by atoms with E-state index in [4.69, 9.17) is 5.73 Å². The molecular formula is C17H16F2N2O. The minimum absolute atomic E-state index is 0.413. The van der Waals surface area contributed by atoms with Gasteiger partial charge in [-0.05, 0) is 24.5 Å². The molecule has 1 heterocycles. The second-order valence-electron chi connectivity index (χ2n) is 5.40. The molecule has 0 saturated heterocycles. The molecule has 0 saturated carbocycles. The van der Waals surface area contributed by atoms with Gasteiger partial charge in [-0.25, -0.2) is 8.78 Å². The molecule has 0 radical (unpaired) electrons. The molecule has 1 aliphatic rings. The molecule has 1 amide bonds. The topological polar surface area (TPSA) is 46.3 Å². The Morgan fingerprint density at radius 1 is 1.18 bits per heavy atom. The SMILES string of the molecule is NC(=O)C(c1ccccc1)N1CCCc2c(F)cc(F)cc21. The highest BCUT2D eigenvalue weighted by molar-refractivity contribution is 5.85. The Morgan fingerprint density at radius 2 is 1.91 bits per heavy atom. The van der Waals surface area contributed by atoms with Gasteiger partial charge in [-0.3, -0.25) is 4.79 Å². The second kappa shape index (κ2) is 5.75. The van der Waals surface area contributed by atoms with Gasteiger partial charge in [0.05, 0.1) is 0 Å². The second-order valence-corrected chi connectivity index (χ2v) is 5.40. The molecule has 0 spiro atoms. The van der Waals surface area contributed by atoms with Crippen LogP contribution in [0, 0.1) is 11.6 Å². The molecule has 1 atom stereocenters. The van der Waals surface area contributed by atoms with E-state index < -0.39 is 23.6 Å². The Bertz CT molecular complexity index is 703. The first-order chi connectivity index (χ1) is 10.6. The van der Waals surface area contributed by atoms with Gasteiger partial charge < -0.3 is 10.6 Å². The molecule has 22 heavy (non-hydrogen) atoms. The lowest BCUT2D eigenvalue weighted by molar-refractivity contribution is -0.119. The van der Waals surface area contributed by atoms with Gasteiger partial charge in [-0.15, -0.1) is 0 Å². The number of nitrogens with zero attached hydrogens (tertiary/aromatic N) is 1. The number of amides is 1. The summed E-state index contributed by atoms with van der Waals surface area (Å²) in [6, 6.07) is 10.5. The number of primary amides is 1. The van der Waals surface area contributed by atoms with Gasteiger partial charge in [0, 0.05) is 23.9 Å². The maximum atomic E-state index is 14.0. The molecule has 114 valence electrons. The van der Waals surface area contributed by atoms with E-state index in [1.807, 2.05) is 18.2 Å². The van der Waals surface area contributed by atoms with E-state index in [1.54, 1.807) is 17.0 Å². The highest BCUT2D eigenvalue weighted by atomic mass is 19.1. The predicted molar refractivity (Wildman–Crippen MR) is 80.4 cm³/mol. The van der Waals surface area contributed by atoms with Crippen molar-refractivity contribution in [3.63, 3.8) is 0 Å². The highest BCUT2D eigenvalue weighted by Gasteiger charge is 2.31. The van der Waals surface area contributed by atoms with Crippen LogP contribution in [0.15, 0.2) is 42.5 Å². The maximum absolute atomic E-state index is 14.0. The average molecular weight is 302 g/mol. The standard InChI is InChI=1S/C17H16F2N2O/c18-12-9-14(19)13-7-4-8-21(15(13)10-12)16(17(20)22)11-5-2-1-3-6-11/h1-3,5-6,9-10,16H,4,7-8H2,(H2,20,22). The fraction of sp³-hybridized carbons (Fsp3) is 0.235. The Kier molecular flexibility index (Phi) is 3.79. The first-order valence-corrected chi connectivity index (χ1v) is 7.17. The lowest BCUT2D eigenvalue weighted by Gasteiger charge is -2.36. The van der Waals surface area contributed by atoms with Crippen molar-refractivity contribution in [2.75, 3.05) is 11.4 Å². The van der Waals surface area contributed by atoms with Crippen molar-refractivity contribution < 1.29 is 13.6 Å². The van der Waals surface area contributed by atoms with E-state index in [-0.39, 0.29) is 0 Å². The molecule has 5 heteroatoms. The fourth-order valence-electron chi connectivity index (χ4n) is 3.04. The monoisotopic (exact) mass is 302 g/mol. The van der Waals surface area contributed by atoms with Crippen molar-refractivity contribution >= 4 is 11.6 Å². The normalized spacial score (nSPS) is 15.3. The van der Waals surface area contributed by atoms with Crippen molar-refractivity contribution in [2.45, 2.75) is 18.9 Å². The number of rotatable bonds is 3. The molecule has 3 rings (SSSR count). The van der Waals surface area contributed by atoms with Gasteiger partial charge >= 0.3 is 0 Å². The lowest BCUT2D eigenvalue weighted by Crippen LogP contribution is -2.41. The van der Waals surface area contributed by atoms with Crippen LogP contribution in [-0.4, -0.2) is 12.5 Å². The Labute approximate surface area is 127 Å². The van der Waals surface area contributed by atoms with Gasteiger partial charge in [0.2, 0.25) is 5.91 Å². The number of benzene rings is 2. The van der Waals surface area contributed by atoms with E-state index in [1.165, 1.54) is 6.07 Å². The summed E-state index contributed by atoms with van der Waals surface area (Å²) in [5.74, 6) is -1.76. The number of anilines is 1. The van der Waals surface area contributed by atoms with Gasteiger partial charge in [-0.2, -0.15) is 0 Å². The minimum atomic E-state index is -0.735. The number of carbonyl (C=O) groups excluding carboxylic acids is 1. The lowest BCUT2D eigenvalue weighted by atomic mass is 9.96. The zero-order valence-corrected chi connectivity index (χ0v) is 11.9. The summed E-state index contributed by atoms with van der Waals surface area (Å²) >= 11 is 0. The van der Waals surface area contributed by atoms with Crippen LogP contribution in [-0.2, 0) is 11.2 Å². The molecule has 2 N–H and O–H groups in total. The van der Waals surface area contributed by atoms with Crippen LogP contribution in [0.5, 0.6) is 0 Å². The highest BCUT2D eigenvalue weighted by Crippen LogP contribution is 2.36. The molecule has 1 aliphatic heterocycles. The van der Waals surface area contributed by atoms with Crippen LogP contribution in [0.3, 0.4) is 0 Å². The van der Waals surface area contributed by atoms with Crippen molar-refractivity contribution in [1.29, 1.82) is 0 Å². The summed E-state index contributed by atoms with van der Waals surface area (Å²) in [7, 11) is 0. The van der Waals surface area contributed by atoms with E-state index >= 15 is 0 Å². The zero-order valence-electron chi connectivity index (χ0n) is 11.9. The molecule has 0 bridgehead atoms. The fourth-order valence-corrected chi connectivity index (χ4v) is 3.04. The summed E-state index contributed by atoms with van der Waals surface area (Å²) in [4.78, 5) is 13.7. The smallest absolute Gasteiger partial charge is 0.244 e. The number of carbonyl (C=O) groups is 1. The molecule has 2 aromatic carbocycles.